The van der Waals surface area contributed by atoms with Gasteiger partial charge in [0.25, 0.3) is 0 Å². The quantitative estimate of drug-likeness (QED) is 0.348. The van der Waals surface area contributed by atoms with Gasteiger partial charge in [-0.3, -0.25) is 19.2 Å². The average molecular weight is 556 g/mol. The van der Waals surface area contributed by atoms with Crippen LogP contribution in [0.1, 0.15) is 70.5 Å². The van der Waals surface area contributed by atoms with Gasteiger partial charge in [-0.15, -0.1) is 0 Å². The number of furan rings is 1. The average Bonchev–Trinajstić information content (AvgIpc) is 3.73. The van der Waals surface area contributed by atoms with E-state index < -0.39 is 23.4 Å². The molecule has 3 fully saturated rings. The van der Waals surface area contributed by atoms with Gasteiger partial charge in [-0.2, -0.15) is 0 Å². The molecule has 1 N–H and O–H groups in total. The molecule has 1 aromatic heterocycles. The molecule has 10 nitrogen and oxygen atoms in total. The molecular weight excluding hydrogens is 514 g/mol. The predicted molar refractivity (Wildman–Crippen MR) is 144 cm³/mol. The van der Waals surface area contributed by atoms with Crippen LogP contribution in [0.3, 0.4) is 0 Å². The van der Waals surface area contributed by atoms with Gasteiger partial charge in [-0.05, 0) is 63.2 Å². The van der Waals surface area contributed by atoms with Crippen LogP contribution in [0.4, 0.5) is 0 Å². The number of esters is 1. The zero-order valence-corrected chi connectivity index (χ0v) is 23.6. The fourth-order valence-electron chi connectivity index (χ4n) is 7.00. The third-order valence-corrected chi connectivity index (χ3v) is 9.15. The van der Waals surface area contributed by atoms with Gasteiger partial charge in [0, 0.05) is 44.1 Å². The minimum Gasteiger partial charge on any atom is -0.468 e. The van der Waals surface area contributed by atoms with Crippen molar-refractivity contribution in [3.05, 3.63) is 35.9 Å². The Morgan fingerprint density at radius 3 is 2.67 bits per heavy atom. The van der Waals surface area contributed by atoms with E-state index in [1.54, 1.807) is 23.3 Å². The molecule has 218 valence electrons. The van der Waals surface area contributed by atoms with E-state index in [-0.39, 0.29) is 43.2 Å². The Hall–Kier alpha value is -3.14. The highest BCUT2D eigenvalue weighted by atomic mass is 16.5. The molecule has 1 aromatic rings. The number of piperidine rings is 1. The minimum absolute atomic E-state index is 0.0546. The van der Waals surface area contributed by atoms with Gasteiger partial charge in [0.15, 0.2) is 0 Å². The van der Waals surface area contributed by atoms with Crippen molar-refractivity contribution in [2.75, 3.05) is 26.7 Å². The second-order valence-electron chi connectivity index (χ2n) is 11.6. The Kier molecular flexibility index (Phi) is 8.63. The molecule has 4 heterocycles. The number of ether oxygens (including phenoxy) is 2. The molecule has 1 aliphatic carbocycles. The number of carbonyl (C=O) groups excluding carboxylic acids is 4. The van der Waals surface area contributed by atoms with E-state index >= 15 is 0 Å². The number of carbonyl (C=O) groups is 4. The van der Waals surface area contributed by atoms with Crippen LogP contribution in [0.15, 0.2) is 34.6 Å². The van der Waals surface area contributed by atoms with Crippen molar-refractivity contribution in [3.63, 3.8) is 0 Å². The third-order valence-electron chi connectivity index (χ3n) is 9.15. The normalized spacial score (nSPS) is 28.9. The zero-order chi connectivity index (χ0) is 28.3. The highest BCUT2D eigenvalue weighted by Gasteiger charge is 2.60. The van der Waals surface area contributed by atoms with Crippen molar-refractivity contribution in [2.45, 2.75) is 83.5 Å². The first kappa shape index (κ1) is 28.4. The third kappa shape index (κ3) is 5.55. The van der Waals surface area contributed by atoms with Crippen LogP contribution in [-0.2, 0) is 35.2 Å². The Labute approximate surface area is 235 Å². The molecule has 2 saturated heterocycles. The minimum atomic E-state index is -1.22. The summed E-state index contributed by atoms with van der Waals surface area (Å²) in [5.41, 5.74) is -0.617. The molecule has 4 atom stereocenters. The molecule has 3 amide bonds. The number of nitrogens with one attached hydrogen (secondary N) is 1. The Balaban J connectivity index is 1.36. The summed E-state index contributed by atoms with van der Waals surface area (Å²) in [6.45, 7) is 3.82. The second-order valence-corrected chi connectivity index (χ2v) is 11.6. The predicted octanol–water partition coefficient (Wildman–Crippen LogP) is 3.17. The van der Waals surface area contributed by atoms with Gasteiger partial charge in [0.05, 0.1) is 32.1 Å². The molecule has 0 aromatic carbocycles. The van der Waals surface area contributed by atoms with Crippen LogP contribution in [0.25, 0.3) is 0 Å². The van der Waals surface area contributed by atoms with Gasteiger partial charge < -0.3 is 29.0 Å². The van der Waals surface area contributed by atoms with Crippen molar-refractivity contribution < 1.29 is 33.1 Å². The zero-order valence-electron chi connectivity index (χ0n) is 23.6. The number of likely N-dealkylation sites (tertiary alicyclic amines) is 2. The Morgan fingerprint density at radius 2 is 2.00 bits per heavy atom. The van der Waals surface area contributed by atoms with Crippen molar-refractivity contribution in [1.82, 2.24) is 15.1 Å². The van der Waals surface area contributed by atoms with Gasteiger partial charge >= 0.3 is 5.97 Å². The Bertz CT molecular complexity index is 1130. The van der Waals surface area contributed by atoms with Gasteiger partial charge in [0.2, 0.25) is 17.7 Å². The molecule has 40 heavy (non-hydrogen) atoms. The fraction of sp³-hybridized carbons (Fsp3) is 0.667. The lowest BCUT2D eigenvalue weighted by atomic mass is 9.66. The topological polar surface area (TPSA) is 118 Å². The van der Waals surface area contributed by atoms with E-state index in [0.717, 1.165) is 38.6 Å². The molecular formula is C30H41N3O7. The number of hydrogen-bond acceptors (Lipinski definition) is 7. The number of methoxy groups -OCH3 is 1. The van der Waals surface area contributed by atoms with Crippen LogP contribution >= 0.6 is 0 Å². The van der Waals surface area contributed by atoms with Gasteiger partial charge in [0.1, 0.15) is 11.2 Å². The van der Waals surface area contributed by atoms with E-state index in [0.29, 0.717) is 43.3 Å². The van der Waals surface area contributed by atoms with Crippen LogP contribution in [0, 0.1) is 17.3 Å². The molecule has 3 aliphatic heterocycles. The lowest BCUT2D eigenvalue weighted by Gasteiger charge is -2.52. The molecule has 0 spiro atoms. The first-order chi connectivity index (χ1) is 19.3. The number of amides is 3. The summed E-state index contributed by atoms with van der Waals surface area (Å²) in [6.07, 6.45) is 9.36. The first-order valence-corrected chi connectivity index (χ1v) is 14.7. The molecule has 0 unspecified atom stereocenters. The van der Waals surface area contributed by atoms with Crippen molar-refractivity contribution in [3.8, 4) is 0 Å². The summed E-state index contributed by atoms with van der Waals surface area (Å²) in [4.78, 5) is 55.9. The summed E-state index contributed by atoms with van der Waals surface area (Å²) >= 11 is 0. The van der Waals surface area contributed by atoms with Crippen LogP contribution < -0.4 is 5.32 Å². The SMILES string of the molecule is COC(=O)[C@@]12C[C@H](CC(=O)NCCCN3CCCC3=O)C(=O)N(Cc3ccco3)C1=C[C@@H](C1CCCC1)O[C@H]2C. The molecule has 0 bridgehead atoms. The maximum Gasteiger partial charge on any atom is 0.320 e. The number of fused-ring (bicyclic) bond motifs is 1. The Morgan fingerprint density at radius 1 is 1.20 bits per heavy atom. The van der Waals surface area contributed by atoms with Crippen LogP contribution in [-0.4, -0.2) is 72.4 Å². The molecule has 1 saturated carbocycles. The summed E-state index contributed by atoms with van der Waals surface area (Å²) in [5, 5.41) is 2.90. The van der Waals surface area contributed by atoms with Crippen molar-refractivity contribution in [1.29, 1.82) is 0 Å². The first-order valence-electron chi connectivity index (χ1n) is 14.7. The lowest BCUT2D eigenvalue weighted by molar-refractivity contribution is -0.178. The molecule has 5 rings (SSSR count). The van der Waals surface area contributed by atoms with Crippen molar-refractivity contribution in [2.24, 2.45) is 17.3 Å². The highest BCUT2D eigenvalue weighted by Crippen LogP contribution is 2.52. The summed E-state index contributed by atoms with van der Waals surface area (Å²) in [5.74, 6) is -0.582. The van der Waals surface area contributed by atoms with E-state index in [1.807, 2.05) is 17.9 Å². The van der Waals surface area contributed by atoms with Gasteiger partial charge in [-0.1, -0.05) is 12.8 Å². The van der Waals surface area contributed by atoms with Crippen molar-refractivity contribution >= 4 is 23.7 Å². The largest absolute Gasteiger partial charge is 0.468 e. The lowest BCUT2D eigenvalue weighted by Crippen LogP contribution is -2.60. The molecule has 0 radical (unpaired) electrons. The maximum atomic E-state index is 14.0. The maximum absolute atomic E-state index is 14.0. The van der Waals surface area contributed by atoms with E-state index in [9.17, 15) is 19.2 Å². The highest BCUT2D eigenvalue weighted by molar-refractivity contribution is 5.92. The number of rotatable bonds is 10. The monoisotopic (exact) mass is 555 g/mol. The standard InChI is InChI=1S/C30H41N3O7/c1-20-30(29(37)38-2)18-22(16-26(34)31-12-7-14-32-13-5-11-27(32)35)28(36)33(19-23-10-6-15-39-23)25(30)17-24(40-20)21-8-3-4-9-21/h6,10,15,17,20-22,24H,3-5,7-9,11-14,16,18-19H2,1-2H3,(H,31,34)/t20-,22-,24-,30+/m0/s1. The van der Waals surface area contributed by atoms with E-state index in [1.165, 1.54) is 7.11 Å². The van der Waals surface area contributed by atoms with E-state index in [4.69, 9.17) is 13.9 Å². The molecule has 4 aliphatic rings. The van der Waals surface area contributed by atoms with Crippen LogP contribution in [0.2, 0.25) is 0 Å². The summed E-state index contributed by atoms with van der Waals surface area (Å²) in [6, 6.07) is 3.56. The summed E-state index contributed by atoms with van der Waals surface area (Å²) in [7, 11) is 1.35. The smallest absolute Gasteiger partial charge is 0.320 e. The van der Waals surface area contributed by atoms with Gasteiger partial charge in [-0.25, -0.2) is 0 Å². The van der Waals surface area contributed by atoms with Crippen LogP contribution in [0.5, 0.6) is 0 Å². The fourth-order valence-corrected chi connectivity index (χ4v) is 7.00. The summed E-state index contributed by atoms with van der Waals surface area (Å²) < 4.78 is 17.4. The molecule has 10 heteroatoms. The number of hydrogen-bond donors (Lipinski definition) is 1. The second kappa shape index (κ2) is 12.2. The van der Waals surface area contributed by atoms with E-state index in [2.05, 4.69) is 5.32 Å². The number of nitrogens with zero attached hydrogens (tertiary/aromatic N) is 2.